The van der Waals surface area contributed by atoms with Crippen LogP contribution in [0.2, 0.25) is 0 Å². The van der Waals surface area contributed by atoms with Crippen LogP contribution in [0.4, 0.5) is 0 Å². The number of imidazole rings is 1. The molecule has 0 saturated carbocycles. The lowest BCUT2D eigenvalue weighted by Crippen LogP contribution is -2.41. The molecule has 1 N–H and O–H groups in total. The molecule has 0 radical (unpaired) electrons. The minimum atomic E-state index is -0.173. The van der Waals surface area contributed by atoms with Gasteiger partial charge in [-0.2, -0.15) is 0 Å². The molecule has 1 aromatic heterocycles. The van der Waals surface area contributed by atoms with Gasteiger partial charge in [-0.25, -0.2) is 4.98 Å². The SMILES string of the molecule is CCCCNC(=O)c1nc(C(=O)N2CCOCC2)c2n1CCCC2. The van der Waals surface area contributed by atoms with Crippen LogP contribution in [0.3, 0.4) is 0 Å². The van der Waals surface area contributed by atoms with Crippen molar-refractivity contribution in [3.8, 4) is 0 Å². The minimum absolute atomic E-state index is 0.0726. The summed E-state index contributed by atoms with van der Waals surface area (Å²) in [6.07, 6.45) is 4.83. The van der Waals surface area contributed by atoms with Gasteiger partial charge in [-0.15, -0.1) is 0 Å². The van der Waals surface area contributed by atoms with Crippen LogP contribution in [0.25, 0.3) is 0 Å². The third-order valence-corrected chi connectivity index (χ3v) is 4.64. The van der Waals surface area contributed by atoms with Crippen molar-refractivity contribution >= 4 is 11.8 Å². The van der Waals surface area contributed by atoms with Crippen molar-refractivity contribution < 1.29 is 14.3 Å². The van der Waals surface area contributed by atoms with E-state index in [-0.39, 0.29) is 11.8 Å². The highest BCUT2D eigenvalue weighted by Crippen LogP contribution is 2.22. The van der Waals surface area contributed by atoms with Crippen LogP contribution in [0.5, 0.6) is 0 Å². The van der Waals surface area contributed by atoms with Crippen molar-refractivity contribution in [1.82, 2.24) is 19.8 Å². The van der Waals surface area contributed by atoms with Crippen LogP contribution in [-0.4, -0.2) is 59.1 Å². The molecule has 3 rings (SSSR count). The summed E-state index contributed by atoms with van der Waals surface area (Å²) in [7, 11) is 0. The number of hydrogen-bond acceptors (Lipinski definition) is 4. The van der Waals surface area contributed by atoms with Crippen molar-refractivity contribution in [2.75, 3.05) is 32.8 Å². The summed E-state index contributed by atoms with van der Waals surface area (Å²) in [5.41, 5.74) is 1.37. The highest BCUT2D eigenvalue weighted by molar-refractivity contribution is 5.97. The predicted molar refractivity (Wildman–Crippen MR) is 89.1 cm³/mol. The molecular weight excluding hydrogens is 308 g/mol. The van der Waals surface area contributed by atoms with Crippen LogP contribution < -0.4 is 5.32 Å². The van der Waals surface area contributed by atoms with Crippen molar-refractivity contribution in [2.24, 2.45) is 0 Å². The number of morpholine rings is 1. The first-order chi connectivity index (χ1) is 11.7. The molecule has 1 fully saturated rings. The number of fused-ring (bicyclic) bond motifs is 1. The molecule has 0 atom stereocenters. The zero-order valence-corrected chi connectivity index (χ0v) is 14.3. The second kappa shape index (κ2) is 7.79. The van der Waals surface area contributed by atoms with E-state index < -0.39 is 0 Å². The molecule has 7 heteroatoms. The molecule has 0 aromatic carbocycles. The third-order valence-electron chi connectivity index (χ3n) is 4.64. The van der Waals surface area contributed by atoms with Gasteiger partial charge in [0.05, 0.1) is 18.9 Å². The largest absolute Gasteiger partial charge is 0.378 e. The number of nitrogens with one attached hydrogen (secondary N) is 1. The van der Waals surface area contributed by atoms with Gasteiger partial charge >= 0.3 is 0 Å². The standard InChI is InChI=1S/C17H26N4O3/c1-2-3-7-18-16(22)15-19-14(13-6-4-5-8-21(13)15)17(23)20-9-11-24-12-10-20/h2-12H2,1H3,(H,18,22). The minimum Gasteiger partial charge on any atom is -0.378 e. The molecule has 132 valence electrons. The van der Waals surface area contributed by atoms with E-state index in [4.69, 9.17) is 4.74 Å². The van der Waals surface area contributed by atoms with Crippen molar-refractivity contribution in [3.63, 3.8) is 0 Å². The van der Waals surface area contributed by atoms with Crippen LogP contribution in [0.1, 0.15) is 59.4 Å². The lowest BCUT2D eigenvalue weighted by molar-refractivity contribution is 0.0298. The van der Waals surface area contributed by atoms with Crippen LogP contribution in [-0.2, 0) is 17.7 Å². The Morgan fingerprint density at radius 3 is 2.75 bits per heavy atom. The number of ether oxygens (including phenoxy) is 1. The van der Waals surface area contributed by atoms with E-state index in [9.17, 15) is 9.59 Å². The first kappa shape index (κ1) is 17.0. The van der Waals surface area contributed by atoms with Gasteiger partial charge in [-0.3, -0.25) is 9.59 Å². The summed E-state index contributed by atoms with van der Waals surface area (Å²) in [4.78, 5) is 31.5. The van der Waals surface area contributed by atoms with E-state index in [1.54, 1.807) is 4.90 Å². The maximum absolute atomic E-state index is 12.8. The van der Waals surface area contributed by atoms with Crippen LogP contribution in [0, 0.1) is 0 Å². The number of carbonyl (C=O) groups is 2. The number of amides is 2. The molecule has 2 aliphatic rings. The van der Waals surface area contributed by atoms with Crippen molar-refractivity contribution in [1.29, 1.82) is 0 Å². The highest BCUT2D eigenvalue weighted by Gasteiger charge is 2.30. The molecular formula is C17H26N4O3. The average Bonchev–Trinajstić information content (AvgIpc) is 3.02. The van der Waals surface area contributed by atoms with E-state index in [2.05, 4.69) is 17.2 Å². The van der Waals surface area contributed by atoms with Crippen molar-refractivity contribution in [3.05, 3.63) is 17.2 Å². The predicted octanol–water partition coefficient (Wildman–Crippen LogP) is 1.22. The molecule has 2 aliphatic heterocycles. The van der Waals surface area contributed by atoms with E-state index in [0.717, 1.165) is 44.3 Å². The molecule has 0 spiro atoms. The highest BCUT2D eigenvalue weighted by atomic mass is 16.5. The van der Waals surface area contributed by atoms with Crippen LogP contribution >= 0.6 is 0 Å². The zero-order valence-electron chi connectivity index (χ0n) is 14.3. The summed E-state index contributed by atoms with van der Waals surface area (Å²) in [6, 6.07) is 0. The maximum Gasteiger partial charge on any atom is 0.287 e. The summed E-state index contributed by atoms with van der Waals surface area (Å²) in [5, 5.41) is 2.91. The molecule has 24 heavy (non-hydrogen) atoms. The number of unbranched alkanes of at least 4 members (excludes halogenated alkanes) is 1. The molecule has 0 aliphatic carbocycles. The van der Waals surface area contributed by atoms with Gasteiger partial charge in [-0.05, 0) is 25.7 Å². The number of hydrogen-bond donors (Lipinski definition) is 1. The topological polar surface area (TPSA) is 76.5 Å². The second-order valence-electron chi connectivity index (χ2n) is 6.35. The molecule has 2 amide bonds. The molecule has 0 bridgehead atoms. The van der Waals surface area contributed by atoms with Gasteiger partial charge in [0.15, 0.2) is 5.82 Å². The molecule has 0 unspecified atom stereocenters. The summed E-state index contributed by atoms with van der Waals surface area (Å²) < 4.78 is 7.26. The fourth-order valence-corrected chi connectivity index (χ4v) is 3.26. The Kier molecular flexibility index (Phi) is 5.50. The molecule has 1 aromatic rings. The number of carbonyl (C=O) groups excluding carboxylic acids is 2. The summed E-state index contributed by atoms with van der Waals surface area (Å²) in [6.45, 7) is 5.78. The summed E-state index contributed by atoms with van der Waals surface area (Å²) in [5.74, 6) is 0.140. The fourth-order valence-electron chi connectivity index (χ4n) is 3.26. The molecule has 3 heterocycles. The lowest BCUT2D eigenvalue weighted by atomic mass is 10.1. The van der Waals surface area contributed by atoms with E-state index in [0.29, 0.717) is 44.4 Å². The average molecular weight is 334 g/mol. The van der Waals surface area contributed by atoms with E-state index in [1.165, 1.54) is 0 Å². The summed E-state index contributed by atoms with van der Waals surface area (Å²) >= 11 is 0. The Morgan fingerprint density at radius 2 is 2.00 bits per heavy atom. The normalized spacial score (nSPS) is 17.5. The van der Waals surface area contributed by atoms with Crippen molar-refractivity contribution in [2.45, 2.75) is 45.6 Å². The monoisotopic (exact) mass is 334 g/mol. The maximum atomic E-state index is 12.8. The Balaban J connectivity index is 1.84. The first-order valence-corrected chi connectivity index (χ1v) is 8.97. The quantitative estimate of drug-likeness (QED) is 0.822. The van der Waals surface area contributed by atoms with E-state index >= 15 is 0 Å². The Hall–Kier alpha value is -1.89. The van der Waals surface area contributed by atoms with Gasteiger partial charge in [0, 0.05) is 26.2 Å². The molecule has 7 nitrogen and oxygen atoms in total. The van der Waals surface area contributed by atoms with Gasteiger partial charge in [-0.1, -0.05) is 13.3 Å². The second-order valence-corrected chi connectivity index (χ2v) is 6.35. The smallest absolute Gasteiger partial charge is 0.287 e. The fraction of sp³-hybridized carbons (Fsp3) is 0.706. The van der Waals surface area contributed by atoms with Gasteiger partial charge in [0.2, 0.25) is 0 Å². The Morgan fingerprint density at radius 1 is 1.21 bits per heavy atom. The van der Waals surface area contributed by atoms with Gasteiger partial charge in [0.1, 0.15) is 5.69 Å². The third kappa shape index (κ3) is 3.45. The number of aromatic nitrogens is 2. The van der Waals surface area contributed by atoms with Crippen LogP contribution in [0.15, 0.2) is 0 Å². The Bertz CT molecular complexity index is 605. The number of nitrogens with zero attached hydrogens (tertiary/aromatic N) is 3. The van der Waals surface area contributed by atoms with E-state index in [1.807, 2.05) is 4.57 Å². The first-order valence-electron chi connectivity index (χ1n) is 8.97. The molecule has 1 saturated heterocycles. The lowest BCUT2D eigenvalue weighted by Gasteiger charge is -2.26. The Labute approximate surface area is 142 Å². The number of rotatable bonds is 5. The van der Waals surface area contributed by atoms with Gasteiger partial charge < -0.3 is 19.5 Å². The van der Waals surface area contributed by atoms with Gasteiger partial charge in [0.25, 0.3) is 11.8 Å². The zero-order chi connectivity index (χ0) is 16.9.